The fourth-order valence-electron chi connectivity index (χ4n) is 1.60. The highest BCUT2D eigenvalue weighted by atomic mass is 16.5. The summed E-state index contributed by atoms with van der Waals surface area (Å²) in [4.78, 5) is 22.0. The second kappa shape index (κ2) is 6.17. The Morgan fingerprint density at radius 1 is 1.37 bits per heavy atom. The molecule has 2 atom stereocenters. The molecule has 7 heteroatoms. The first-order valence-corrected chi connectivity index (χ1v) is 5.49. The summed E-state index contributed by atoms with van der Waals surface area (Å²) >= 11 is 0. The zero-order chi connectivity index (χ0) is 14.6. The molecule has 1 amide bonds. The molecule has 0 bridgehead atoms. The van der Waals surface area contributed by atoms with E-state index in [-0.39, 0.29) is 23.2 Å². The van der Waals surface area contributed by atoms with Crippen molar-refractivity contribution < 1.29 is 24.5 Å². The summed E-state index contributed by atoms with van der Waals surface area (Å²) in [6.45, 7) is 0. The summed E-state index contributed by atoms with van der Waals surface area (Å²) in [5.74, 6) is -1.33. The highest BCUT2D eigenvalue weighted by molar-refractivity contribution is 5.95. The number of methoxy groups -OCH3 is 1. The molecule has 0 heterocycles. The van der Waals surface area contributed by atoms with Crippen LogP contribution in [0, 0.1) is 0 Å². The van der Waals surface area contributed by atoms with Crippen LogP contribution in [0.1, 0.15) is 28.4 Å². The second-order valence-electron chi connectivity index (χ2n) is 4.02. The fraction of sp³-hybridized carbons (Fsp3) is 0.333. The summed E-state index contributed by atoms with van der Waals surface area (Å²) in [7, 11) is 1.22. The number of aliphatic hydroxyl groups is 2. The van der Waals surface area contributed by atoms with Gasteiger partial charge >= 0.3 is 5.97 Å². The second-order valence-corrected chi connectivity index (χ2v) is 4.02. The van der Waals surface area contributed by atoms with Crippen molar-refractivity contribution in [3.05, 3.63) is 29.3 Å². The van der Waals surface area contributed by atoms with Crippen LogP contribution >= 0.6 is 0 Å². The number of anilines is 1. The average Bonchev–Trinajstić information content (AvgIpc) is 2.36. The van der Waals surface area contributed by atoms with Gasteiger partial charge in [0, 0.05) is 5.69 Å². The average molecular weight is 268 g/mol. The molecule has 0 saturated carbocycles. The molecule has 6 N–H and O–H groups in total. The first-order chi connectivity index (χ1) is 8.86. The lowest BCUT2D eigenvalue weighted by Gasteiger charge is -2.17. The third kappa shape index (κ3) is 3.67. The number of benzene rings is 1. The summed E-state index contributed by atoms with van der Waals surface area (Å²) in [5.41, 5.74) is 11.1. The zero-order valence-electron chi connectivity index (χ0n) is 10.4. The molecule has 104 valence electrons. The van der Waals surface area contributed by atoms with E-state index in [4.69, 9.17) is 11.5 Å². The Balaban J connectivity index is 2.94. The minimum absolute atomic E-state index is 0.106. The van der Waals surface area contributed by atoms with Crippen molar-refractivity contribution in [3.63, 3.8) is 0 Å². The van der Waals surface area contributed by atoms with Gasteiger partial charge in [0.2, 0.25) is 5.91 Å². The van der Waals surface area contributed by atoms with Gasteiger partial charge in [-0.15, -0.1) is 0 Å². The van der Waals surface area contributed by atoms with Crippen LogP contribution in [0.3, 0.4) is 0 Å². The molecule has 0 fully saturated rings. The number of carbonyl (C=O) groups is 2. The summed E-state index contributed by atoms with van der Waals surface area (Å²) in [6, 6.07) is 4.12. The van der Waals surface area contributed by atoms with Crippen LogP contribution in [0.25, 0.3) is 0 Å². The molecule has 0 aliphatic heterocycles. The number of hydrogen-bond donors (Lipinski definition) is 4. The van der Waals surface area contributed by atoms with Gasteiger partial charge in [0.15, 0.2) is 0 Å². The third-order valence-corrected chi connectivity index (χ3v) is 2.60. The molecule has 0 spiro atoms. The SMILES string of the molecule is COC(=O)c1ccc(C(O)C(O)CC(N)=O)cc1N. The lowest BCUT2D eigenvalue weighted by atomic mass is 9.99. The van der Waals surface area contributed by atoms with Crippen molar-refractivity contribution in [2.75, 3.05) is 12.8 Å². The summed E-state index contributed by atoms with van der Waals surface area (Å²) < 4.78 is 4.53. The Labute approximate surface area is 109 Å². The zero-order valence-corrected chi connectivity index (χ0v) is 10.4. The first-order valence-electron chi connectivity index (χ1n) is 5.49. The molecule has 0 radical (unpaired) electrons. The predicted octanol–water partition coefficient (Wildman–Crippen LogP) is -0.675. The molecular weight excluding hydrogens is 252 g/mol. The van der Waals surface area contributed by atoms with Crippen LogP contribution in [-0.2, 0) is 9.53 Å². The Kier molecular flexibility index (Phi) is 4.85. The molecule has 2 unspecified atom stereocenters. The Bertz CT molecular complexity index is 489. The molecule has 0 aliphatic rings. The maximum atomic E-state index is 11.3. The quantitative estimate of drug-likeness (QED) is 0.413. The molecule has 0 aliphatic carbocycles. The van der Waals surface area contributed by atoms with Crippen LogP contribution in [-0.4, -0.2) is 35.3 Å². The minimum atomic E-state index is -1.33. The van der Waals surface area contributed by atoms with Gasteiger partial charge in [-0.05, 0) is 17.7 Å². The van der Waals surface area contributed by atoms with E-state index >= 15 is 0 Å². The van der Waals surface area contributed by atoms with Crippen LogP contribution < -0.4 is 11.5 Å². The van der Waals surface area contributed by atoms with Crippen molar-refractivity contribution in [1.29, 1.82) is 0 Å². The van der Waals surface area contributed by atoms with Gasteiger partial charge in [0.1, 0.15) is 6.10 Å². The fourth-order valence-corrected chi connectivity index (χ4v) is 1.60. The Morgan fingerprint density at radius 3 is 2.47 bits per heavy atom. The van der Waals surface area contributed by atoms with E-state index < -0.39 is 24.1 Å². The van der Waals surface area contributed by atoms with Crippen LogP contribution in [0.2, 0.25) is 0 Å². The maximum absolute atomic E-state index is 11.3. The van der Waals surface area contributed by atoms with Gasteiger partial charge in [-0.25, -0.2) is 4.79 Å². The summed E-state index contributed by atoms with van der Waals surface area (Å²) in [6.07, 6.45) is -3.03. The van der Waals surface area contributed by atoms with E-state index in [1.54, 1.807) is 0 Å². The molecule has 1 rings (SSSR count). The third-order valence-electron chi connectivity index (χ3n) is 2.60. The van der Waals surface area contributed by atoms with Gasteiger partial charge in [0.25, 0.3) is 0 Å². The number of aliphatic hydroxyl groups excluding tert-OH is 2. The lowest BCUT2D eigenvalue weighted by Crippen LogP contribution is -2.25. The molecule has 1 aromatic carbocycles. The van der Waals surface area contributed by atoms with E-state index in [0.717, 1.165) is 0 Å². The smallest absolute Gasteiger partial charge is 0.339 e. The van der Waals surface area contributed by atoms with Crippen molar-refractivity contribution in [1.82, 2.24) is 0 Å². The monoisotopic (exact) mass is 268 g/mol. The molecule has 7 nitrogen and oxygen atoms in total. The van der Waals surface area contributed by atoms with E-state index in [9.17, 15) is 19.8 Å². The van der Waals surface area contributed by atoms with Gasteiger partial charge < -0.3 is 26.4 Å². The Hall–Kier alpha value is -2.12. The maximum Gasteiger partial charge on any atom is 0.339 e. The molecule has 0 aromatic heterocycles. The predicted molar refractivity (Wildman–Crippen MR) is 67.0 cm³/mol. The molecule has 0 saturated heterocycles. The summed E-state index contributed by atoms with van der Waals surface area (Å²) in [5, 5.41) is 19.4. The van der Waals surface area contributed by atoms with E-state index in [1.165, 1.54) is 25.3 Å². The Morgan fingerprint density at radius 2 is 2.00 bits per heavy atom. The van der Waals surface area contributed by atoms with Crippen molar-refractivity contribution in [2.45, 2.75) is 18.6 Å². The van der Waals surface area contributed by atoms with Gasteiger partial charge in [0.05, 0.1) is 25.2 Å². The topological polar surface area (TPSA) is 136 Å². The van der Waals surface area contributed by atoms with Crippen LogP contribution in [0.4, 0.5) is 5.69 Å². The van der Waals surface area contributed by atoms with Crippen molar-refractivity contribution >= 4 is 17.6 Å². The van der Waals surface area contributed by atoms with Crippen molar-refractivity contribution in [2.24, 2.45) is 5.73 Å². The molecular formula is C12H16N2O5. The normalized spacial score (nSPS) is 13.6. The number of ether oxygens (including phenoxy) is 1. The number of nitrogen functional groups attached to an aromatic ring is 1. The van der Waals surface area contributed by atoms with Crippen LogP contribution in [0.15, 0.2) is 18.2 Å². The number of hydrogen-bond acceptors (Lipinski definition) is 6. The molecule has 19 heavy (non-hydrogen) atoms. The first kappa shape index (κ1) is 14.9. The minimum Gasteiger partial charge on any atom is -0.465 e. The van der Waals surface area contributed by atoms with Crippen LogP contribution in [0.5, 0.6) is 0 Å². The highest BCUT2D eigenvalue weighted by Crippen LogP contribution is 2.23. The van der Waals surface area contributed by atoms with Crippen molar-refractivity contribution in [3.8, 4) is 0 Å². The van der Waals surface area contributed by atoms with E-state index in [1.807, 2.05) is 0 Å². The number of esters is 1. The van der Waals surface area contributed by atoms with Gasteiger partial charge in [-0.2, -0.15) is 0 Å². The van der Waals surface area contributed by atoms with Gasteiger partial charge in [-0.3, -0.25) is 4.79 Å². The number of nitrogens with two attached hydrogens (primary N) is 2. The highest BCUT2D eigenvalue weighted by Gasteiger charge is 2.21. The number of amides is 1. The lowest BCUT2D eigenvalue weighted by molar-refractivity contribution is -0.121. The number of carbonyl (C=O) groups excluding carboxylic acids is 2. The van der Waals surface area contributed by atoms with E-state index in [0.29, 0.717) is 0 Å². The largest absolute Gasteiger partial charge is 0.465 e. The number of rotatable bonds is 5. The standard InChI is InChI=1S/C12H16N2O5/c1-19-12(18)7-3-2-6(4-8(7)13)11(17)9(15)5-10(14)16/h2-4,9,11,15,17H,5,13H2,1H3,(H2,14,16). The van der Waals surface area contributed by atoms with Gasteiger partial charge in [-0.1, -0.05) is 6.07 Å². The number of primary amides is 1. The molecule has 1 aromatic rings. The van der Waals surface area contributed by atoms with E-state index in [2.05, 4.69) is 4.74 Å².